The summed E-state index contributed by atoms with van der Waals surface area (Å²) in [5, 5.41) is 9.88. The first-order valence-electron chi connectivity index (χ1n) is 15.4. The minimum absolute atomic E-state index is 0.265. The van der Waals surface area contributed by atoms with Gasteiger partial charge in [-0.15, -0.1) is 11.8 Å². The quantitative estimate of drug-likeness (QED) is 0.203. The first kappa shape index (κ1) is 33.6. The molecule has 0 saturated carbocycles. The Bertz CT molecular complexity index is 1360. The highest BCUT2D eigenvalue weighted by molar-refractivity contribution is 8.00. The number of rotatable bonds is 12. The number of hydrogen-bond acceptors (Lipinski definition) is 6. The Hall–Kier alpha value is -3.33. The smallest absolute Gasteiger partial charge is 0.410 e. The minimum Gasteiger partial charge on any atom is -0.478 e. The summed E-state index contributed by atoms with van der Waals surface area (Å²) >= 11 is 1.55. The molecule has 1 aliphatic rings. The second-order valence-electron chi connectivity index (χ2n) is 12.4. The third kappa shape index (κ3) is 10.1. The average molecular weight is 620 g/mol. The van der Waals surface area contributed by atoms with Gasteiger partial charge in [-0.2, -0.15) is 0 Å². The van der Waals surface area contributed by atoms with Crippen LogP contribution in [0, 0.1) is 0 Å². The van der Waals surface area contributed by atoms with E-state index in [1.54, 1.807) is 22.7 Å². The average Bonchev–Trinajstić information content (AvgIpc) is 2.98. The van der Waals surface area contributed by atoms with E-state index in [-0.39, 0.29) is 23.7 Å². The van der Waals surface area contributed by atoms with Crippen LogP contribution in [0.2, 0.25) is 0 Å². The lowest BCUT2D eigenvalue weighted by Crippen LogP contribution is -2.41. The number of benzene rings is 3. The Labute approximate surface area is 265 Å². The molecule has 3 aromatic rings. The van der Waals surface area contributed by atoms with Crippen molar-refractivity contribution in [3.63, 3.8) is 0 Å². The van der Waals surface area contributed by atoms with Gasteiger partial charge in [-0.1, -0.05) is 74.5 Å². The van der Waals surface area contributed by atoms with E-state index in [0.29, 0.717) is 31.7 Å². The molecule has 1 aliphatic heterocycles. The highest BCUT2D eigenvalue weighted by atomic mass is 32.2. The van der Waals surface area contributed by atoms with Crippen molar-refractivity contribution in [2.24, 2.45) is 0 Å². The van der Waals surface area contributed by atoms with Gasteiger partial charge in [0.05, 0.1) is 12.1 Å². The largest absolute Gasteiger partial charge is 0.478 e. The Kier molecular flexibility index (Phi) is 11.9. The maximum atomic E-state index is 13.4. The highest BCUT2D eigenvalue weighted by Gasteiger charge is 2.28. The van der Waals surface area contributed by atoms with E-state index in [2.05, 4.69) is 26.0 Å². The summed E-state index contributed by atoms with van der Waals surface area (Å²) in [6, 6.07) is 23.7. The number of thioether (sulfide) groups is 1. The first-order valence-corrected chi connectivity index (χ1v) is 16.3. The molecule has 0 spiro atoms. The van der Waals surface area contributed by atoms with Gasteiger partial charge in [-0.25, -0.2) is 9.59 Å². The fourth-order valence-electron chi connectivity index (χ4n) is 5.04. The van der Waals surface area contributed by atoms with E-state index in [1.165, 1.54) is 0 Å². The van der Waals surface area contributed by atoms with Gasteiger partial charge in [0.25, 0.3) is 0 Å². The van der Waals surface area contributed by atoms with Crippen LogP contribution in [0.15, 0.2) is 77.7 Å². The van der Waals surface area contributed by atoms with Gasteiger partial charge in [-0.05, 0) is 80.8 Å². The molecular weight excluding hydrogens is 574 g/mol. The van der Waals surface area contributed by atoms with E-state index in [9.17, 15) is 14.7 Å². The summed E-state index contributed by atoms with van der Waals surface area (Å²) in [4.78, 5) is 27.7. The van der Waals surface area contributed by atoms with Crippen LogP contribution in [0.25, 0.3) is 11.1 Å². The van der Waals surface area contributed by atoms with E-state index in [4.69, 9.17) is 14.2 Å². The maximum absolute atomic E-state index is 13.4. The molecule has 3 aromatic carbocycles. The molecular formula is C36H45NO6S. The van der Waals surface area contributed by atoms with Crippen molar-refractivity contribution in [1.29, 1.82) is 0 Å². The van der Waals surface area contributed by atoms with Gasteiger partial charge in [-0.3, -0.25) is 0 Å². The molecule has 8 heteroatoms. The Balaban J connectivity index is 1.51. The Morgan fingerprint density at radius 1 is 1.00 bits per heavy atom. The predicted octanol–water partition coefficient (Wildman–Crippen LogP) is 8.62. The van der Waals surface area contributed by atoms with Crippen molar-refractivity contribution < 1.29 is 28.9 Å². The third-order valence-electron chi connectivity index (χ3n) is 7.20. The molecule has 7 nitrogen and oxygen atoms in total. The fourth-order valence-corrected chi connectivity index (χ4v) is 6.02. The zero-order chi connectivity index (χ0) is 31.7. The minimum atomic E-state index is -0.921. The SMILES string of the molecule is CC(C)Sc1cc(-c2ccc(CCN(C[C@@H](OC3CCCCO3)c3ccccc3)C(=O)OC(C)(C)C)cc2)ccc1C(=O)O. The van der Waals surface area contributed by atoms with Crippen LogP contribution in [0.3, 0.4) is 0 Å². The molecule has 2 atom stereocenters. The monoisotopic (exact) mass is 619 g/mol. The molecule has 1 amide bonds. The summed E-state index contributed by atoms with van der Waals surface area (Å²) < 4.78 is 18.2. The molecule has 1 heterocycles. The normalized spacial score (nSPS) is 16.0. The van der Waals surface area contributed by atoms with Crippen molar-refractivity contribution in [3.8, 4) is 11.1 Å². The summed E-state index contributed by atoms with van der Waals surface area (Å²) in [7, 11) is 0. The molecule has 0 bridgehead atoms. The van der Waals surface area contributed by atoms with Crippen LogP contribution in [0.5, 0.6) is 0 Å². The van der Waals surface area contributed by atoms with E-state index >= 15 is 0 Å². The zero-order valence-corrected chi connectivity index (χ0v) is 27.3. The molecule has 4 rings (SSSR count). The molecule has 44 heavy (non-hydrogen) atoms. The van der Waals surface area contributed by atoms with Gasteiger partial charge in [0.1, 0.15) is 11.7 Å². The Morgan fingerprint density at radius 2 is 1.70 bits per heavy atom. The summed E-state index contributed by atoms with van der Waals surface area (Å²) in [6.45, 7) is 11.2. The molecule has 0 aromatic heterocycles. The second-order valence-corrected chi connectivity index (χ2v) is 14.0. The van der Waals surface area contributed by atoms with Gasteiger partial charge in [0, 0.05) is 23.3 Å². The highest BCUT2D eigenvalue weighted by Crippen LogP contribution is 2.32. The number of hydrogen-bond donors (Lipinski definition) is 1. The van der Waals surface area contributed by atoms with Crippen molar-refractivity contribution in [3.05, 3.63) is 89.5 Å². The number of aromatic carboxylic acids is 1. The molecule has 1 N–H and O–H groups in total. The summed E-state index contributed by atoms with van der Waals surface area (Å²) in [6.07, 6.45) is 2.51. The number of carboxylic acid groups (broad SMARTS) is 1. The first-order chi connectivity index (χ1) is 21.0. The van der Waals surface area contributed by atoms with Gasteiger partial charge < -0.3 is 24.2 Å². The number of amides is 1. The standard InChI is InChI=1S/C36H45NO6S/c1-25(2)44-32-23-29(18-19-30(32)34(38)39)27-16-14-26(15-17-27)20-21-37(35(40)43-36(3,4)5)24-31(28-11-7-6-8-12-28)42-33-13-9-10-22-41-33/h6-8,11-12,14-19,23,25,31,33H,9-10,13,20-22,24H2,1-5H3,(H,38,39)/t31-,33?/m1/s1. The molecule has 1 saturated heterocycles. The number of carbonyl (C=O) groups excluding carboxylic acids is 1. The lowest BCUT2D eigenvalue weighted by molar-refractivity contribution is -0.192. The molecule has 236 valence electrons. The van der Waals surface area contributed by atoms with Crippen molar-refractivity contribution >= 4 is 23.8 Å². The third-order valence-corrected chi connectivity index (χ3v) is 8.26. The molecule has 1 fully saturated rings. The van der Waals surface area contributed by atoms with Gasteiger partial charge in [0.2, 0.25) is 0 Å². The fraction of sp³-hybridized carbons (Fsp3) is 0.444. The second kappa shape index (κ2) is 15.6. The molecule has 0 radical (unpaired) electrons. The van der Waals surface area contributed by atoms with Crippen LogP contribution in [0.4, 0.5) is 4.79 Å². The molecule has 1 unspecified atom stereocenters. The van der Waals surface area contributed by atoms with E-state index in [0.717, 1.165) is 46.4 Å². The van der Waals surface area contributed by atoms with Crippen LogP contribution < -0.4 is 0 Å². The summed E-state index contributed by atoms with van der Waals surface area (Å²) in [5.74, 6) is -0.921. The Morgan fingerprint density at radius 3 is 2.32 bits per heavy atom. The van der Waals surface area contributed by atoms with Crippen LogP contribution in [-0.4, -0.2) is 58.9 Å². The number of ether oxygens (including phenoxy) is 3. The number of nitrogens with zero attached hydrogens (tertiary/aromatic N) is 1. The predicted molar refractivity (Wildman–Crippen MR) is 175 cm³/mol. The lowest BCUT2D eigenvalue weighted by atomic mass is 10.0. The van der Waals surface area contributed by atoms with Crippen LogP contribution in [-0.2, 0) is 20.6 Å². The van der Waals surface area contributed by atoms with E-state index in [1.807, 2.05) is 75.4 Å². The van der Waals surface area contributed by atoms with Crippen molar-refractivity contribution in [1.82, 2.24) is 4.90 Å². The number of carbonyl (C=O) groups is 2. The zero-order valence-electron chi connectivity index (χ0n) is 26.5. The maximum Gasteiger partial charge on any atom is 0.410 e. The van der Waals surface area contributed by atoms with E-state index < -0.39 is 11.6 Å². The lowest BCUT2D eigenvalue weighted by Gasteiger charge is -2.33. The van der Waals surface area contributed by atoms with Crippen molar-refractivity contribution in [2.45, 2.75) is 88.4 Å². The topological polar surface area (TPSA) is 85.3 Å². The van der Waals surface area contributed by atoms with Gasteiger partial charge >= 0.3 is 12.1 Å². The summed E-state index contributed by atoms with van der Waals surface area (Å²) in [5.41, 5.74) is 3.73. The van der Waals surface area contributed by atoms with Crippen LogP contribution in [0.1, 0.15) is 81.5 Å². The van der Waals surface area contributed by atoms with Crippen molar-refractivity contribution in [2.75, 3.05) is 19.7 Å². The molecule has 0 aliphatic carbocycles. The van der Waals surface area contributed by atoms with Crippen LogP contribution >= 0.6 is 11.8 Å². The van der Waals surface area contributed by atoms with Gasteiger partial charge in [0.15, 0.2) is 6.29 Å². The number of carboxylic acids is 1.